The van der Waals surface area contributed by atoms with Crippen molar-refractivity contribution in [3.63, 3.8) is 0 Å². The summed E-state index contributed by atoms with van der Waals surface area (Å²) >= 11 is 0. The quantitative estimate of drug-likeness (QED) is 0.429. The molecule has 0 spiro atoms. The standard InChI is InChI=1S/C32H36N4O3/c1-32(2,3)23-16-13-21(14-17-23)31(39)36-27-18-15-22(29(37)34-25-12-8-7-11-24(25)33)19-26(27)35-30(38)28(36)20-9-5-4-6-10-20/h4-6,9-10,13-19,24-25,28H,7-8,11-12,33H2,1-3H3,(H,34,37)(H,35,38). The number of nitrogens with one attached hydrogen (secondary N) is 2. The van der Waals surface area contributed by atoms with Crippen molar-refractivity contribution in [2.45, 2.75) is 70.0 Å². The minimum absolute atomic E-state index is 0.0513. The zero-order valence-electron chi connectivity index (χ0n) is 22.7. The number of hydrogen-bond donors (Lipinski definition) is 3. The van der Waals surface area contributed by atoms with Crippen molar-refractivity contribution >= 4 is 29.1 Å². The second kappa shape index (κ2) is 10.7. The first kappa shape index (κ1) is 26.6. The molecule has 1 aliphatic carbocycles. The molecule has 3 unspecified atom stereocenters. The van der Waals surface area contributed by atoms with Crippen LogP contribution < -0.4 is 21.3 Å². The molecule has 4 N–H and O–H groups in total. The molecular weight excluding hydrogens is 488 g/mol. The van der Waals surface area contributed by atoms with Gasteiger partial charge in [-0.15, -0.1) is 0 Å². The smallest absolute Gasteiger partial charge is 0.259 e. The monoisotopic (exact) mass is 524 g/mol. The predicted octanol–water partition coefficient (Wildman–Crippen LogP) is 5.32. The molecule has 0 bridgehead atoms. The minimum atomic E-state index is -0.853. The number of nitrogens with two attached hydrogens (primary N) is 1. The van der Waals surface area contributed by atoms with Crippen LogP contribution in [0.4, 0.5) is 11.4 Å². The minimum Gasteiger partial charge on any atom is -0.348 e. The highest BCUT2D eigenvalue weighted by Crippen LogP contribution is 2.40. The van der Waals surface area contributed by atoms with Gasteiger partial charge in [-0.25, -0.2) is 0 Å². The zero-order valence-corrected chi connectivity index (χ0v) is 22.7. The van der Waals surface area contributed by atoms with E-state index in [1.807, 2.05) is 54.6 Å². The number of benzene rings is 3. The van der Waals surface area contributed by atoms with E-state index in [0.717, 1.165) is 31.2 Å². The maximum Gasteiger partial charge on any atom is 0.259 e. The van der Waals surface area contributed by atoms with Gasteiger partial charge in [0.15, 0.2) is 0 Å². The molecule has 3 aromatic carbocycles. The lowest BCUT2D eigenvalue weighted by molar-refractivity contribution is -0.117. The van der Waals surface area contributed by atoms with Crippen LogP contribution in [0.5, 0.6) is 0 Å². The Bertz CT molecular complexity index is 1380. The number of carbonyl (C=O) groups is 3. The van der Waals surface area contributed by atoms with Gasteiger partial charge in [-0.05, 0) is 59.7 Å². The van der Waals surface area contributed by atoms with E-state index in [9.17, 15) is 14.4 Å². The maximum atomic E-state index is 14.0. The fourth-order valence-electron chi connectivity index (χ4n) is 5.45. The number of fused-ring (bicyclic) bond motifs is 1. The van der Waals surface area contributed by atoms with Crippen LogP contribution in [-0.2, 0) is 10.2 Å². The molecule has 3 aromatic rings. The van der Waals surface area contributed by atoms with Crippen molar-refractivity contribution < 1.29 is 14.4 Å². The Kier molecular flexibility index (Phi) is 7.28. The van der Waals surface area contributed by atoms with E-state index in [1.165, 1.54) is 4.90 Å². The van der Waals surface area contributed by atoms with Gasteiger partial charge in [-0.1, -0.05) is 76.1 Å². The van der Waals surface area contributed by atoms with Crippen molar-refractivity contribution in [3.05, 3.63) is 95.1 Å². The van der Waals surface area contributed by atoms with Crippen LogP contribution >= 0.6 is 0 Å². The number of anilines is 2. The van der Waals surface area contributed by atoms with Gasteiger partial charge in [0.25, 0.3) is 17.7 Å². The summed E-state index contributed by atoms with van der Waals surface area (Å²) in [4.78, 5) is 42.2. The van der Waals surface area contributed by atoms with Gasteiger partial charge in [0, 0.05) is 23.2 Å². The highest BCUT2D eigenvalue weighted by atomic mass is 16.2. The van der Waals surface area contributed by atoms with Gasteiger partial charge in [-0.3, -0.25) is 19.3 Å². The van der Waals surface area contributed by atoms with E-state index in [0.29, 0.717) is 28.1 Å². The van der Waals surface area contributed by atoms with Crippen LogP contribution in [-0.4, -0.2) is 29.8 Å². The Morgan fingerprint density at radius 3 is 2.26 bits per heavy atom. The van der Waals surface area contributed by atoms with Gasteiger partial charge < -0.3 is 16.4 Å². The van der Waals surface area contributed by atoms with E-state index >= 15 is 0 Å². The number of hydrogen-bond acceptors (Lipinski definition) is 4. The average molecular weight is 525 g/mol. The summed E-state index contributed by atoms with van der Waals surface area (Å²) in [5.74, 6) is -0.860. The molecule has 1 aliphatic heterocycles. The third kappa shape index (κ3) is 5.45. The Hall–Kier alpha value is -3.97. The summed E-state index contributed by atoms with van der Waals surface area (Å²) in [5.41, 5.74) is 9.85. The largest absolute Gasteiger partial charge is 0.348 e. The molecule has 7 nitrogen and oxygen atoms in total. The molecule has 3 amide bonds. The van der Waals surface area contributed by atoms with Crippen LogP contribution in [0.25, 0.3) is 0 Å². The van der Waals surface area contributed by atoms with E-state index in [-0.39, 0.29) is 35.2 Å². The molecular formula is C32H36N4O3. The molecule has 3 atom stereocenters. The second-order valence-electron chi connectivity index (χ2n) is 11.6. The zero-order chi connectivity index (χ0) is 27.7. The van der Waals surface area contributed by atoms with Crippen LogP contribution in [0, 0.1) is 0 Å². The summed E-state index contributed by atoms with van der Waals surface area (Å²) in [5, 5.41) is 6.00. The first-order valence-electron chi connectivity index (χ1n) is 13.6. The Morgan fingerprint density at radius 1 is 0.923 bits per heavy atom. The molecule has 1 heterocycles. The molecule has 0 aromatic heterocycles. The molecule has 39 heavy (non-hydrogen) atoms. The molecule has 0 radical (unpaired) electrons. The molecule has 202 valence electrons. The van der Waals surface area contributed by atoms with Crippen LogP contribution in [0.15, 0.2) is 72.8 Å². The third-order valence-electron chi connectivity index (χ3n) is 7.75. The molecule has 1 fully saturated rings. The lowest BCUT2D eigenvalue weighted by Crippen LogP contribution is -2.49. The van der Waals surface area contributed by atoms with Crippen molar-refractivity contribution in [3.8, 4) is 0 Å². The number of amides is 3. The van der Waals surface area contributed by atoms with Gasteiger partial charge in [0.05, 0.1) is 11.4 Å². The Labute approximate surface area is 229 Å². The topological polar surface area (TPSA) is 105 Å². The summed E-state index contributed by atoms with van der Waals surface area (Å²) < 4.78 is 0. The fraction of sp³-hybridized carbons (Fsp3) is 0.344. The first-order valence-corrected chi connectivity index (χ1v) is 13.6. The van der Waals surface area contributed by atoms with Crippen LogP contribution in [0.3, 0.4) is 0 Å². The lowest BCUT2D eigenvalue weighted by atomic mass is 9.86. The normalized spacial score (nSPS) is 21.1. The van der Waals surface area contributed by atoms with Crippen molar-refractivity contribution in [1.82, 2.24) is 5.32 Å². The lowest BCUT2D eigenvalue weighted by Gasteiger charge is -2.37. The number of carbonyl (C=O) groups excluding carboxylic acids is 3. The van der Waals surface area contributed by atoms with Crippen molar-refractivity contribution in [2.75, 3.05) is 10.2 Å². The van der Waals surface area contributed by atoms with Gasteiger partial charge in [-0.2, -0.15) is 0 Å². The second-order valence-corrected chi connectivity index (χ2v) is 11.6. The summed E-state index contributed by atoms with van der Waals surface area (Å²) in [6.45, 7) is 6.36. The maximum absolute atomic E-state index is 14.0. The Balaban J connectivity index is 1.51. The summed E-state index contributed by atoms with van der Waals surface area (Å²) in [6.07, 6.45) is 3.85. The number of rotatable bonds is 4. The molecule has 0 saturated heterocycles. The van der Waals surface area contributed by atoms with Crippen LogP contribution in [0.2, 0.25) is 0 Å². The van der Waals surface area contributed by atoms with E-state index in [1.54, 1.807) is 18.2 Å². The Morgan fingerprint density at radius 2 is 1.59 bits per heavy atom. The van der Waals surface area contributed by atoms with Gasteiger partial charge in [0.1, 0.15) is 6.04 Å². The van der Waals surface area contributed by atoms with Crippen LogP contribution in [0.1, 0.15) is 84.3 Å². The molecule has 7 heteroatoms. The van der Waals surface area contributed by atoms with E-state index in [2.05, 4.69) is 31.4 Å². The first-order chi connectivity index (χ1) is 18.6. The highest BCUT2D eigenvalue weighted by molar-refractivity contribution is 6.17. The molecule has 5 rings (SSSR count). The number of nitrogens with zero attached hydrogens (tertiary/aromatic N) is 1. The predicted molar refractivity (Wildman–Crippen MR) is 154 cm³/mol. The van der Waals surface area contributed by atoms with Crippen molar-refractivity contribution in [1.29, 1.82) is 0 Å². The molecule has 2 aliphatic rings. The highest BCUT2D eigenvalue weighted by Gasteiger charge is 2.39. The third-order valence-corrected chi connectivity index (χ3v) is 7.75. The van der Waals surface area contributed by atoms with Gasteiger partial charge >= 0.3 is 0 Å². The average Bonchev–Trinajstić information content (AvgIpc) is 2.93. The molecule has 1 saturated carbocycles. The SMILES string of the molecule is CC(C)(C)c1ccc(C(=O)N2c3ccc(C(=O)NC4CCCCC4N)cc3NC(=O)C2c2ccccc2)cc1. The van der Waals surface area contributed by atoms with E-state index < -0.39 is 6.04 Å². The van der Waals surface area contributed by atoms with Crippen molar-refractivity contribution in [2.24, 2.45) is 5.73 Å². The summed E-state index contributed by atoms with van der Waals surface area (Å²) in [6, 6.07) is 20.9. The van der Waals surface area contributed by atoms with Gasteiger partial charge in [0.2, 0.25) is 0 Å². The fourth-order valence-corrected chi connectivity index (χ4v) is 5.45. The van der Waals surface area contributed by atoms with E-state index in [4.69, 9.17) is 5.73 Å². The summed E-state index contributed by atoms with van der Waals surface area (Å²) in [7, 11) is 0.